The molecular weight excluding hydrogens is 264 g/mol. The highest BCUT2D eigenvalue weighted by molar-refractivity contribution is 7.14. The standard InChI is InChI=1S/C13H18N2O3S/c1-9(8-15(2)3)14-13(18)11-6-4-10(19-11)5-7-12(16)17/h4-7,9H,8H2,1-3H3,(H,14,18)(H,16,17)/b7-5+. The van der Waals surface area contributed by atoms with E-state index in [1.54, 1.807) is 12.1 Å². The van der Waals surface area contributed by atoms with Crippen molar-refractivity contribution in [3.8, 4) is 0 Å². The lowest BCUT2D eigenvalue weighted by Crippen LogP contribution is -2.39. The van der Waals surface area contributed by atoms with Gasteiger partial charge in [-0.2, -0.15) is 0 Å². The number of carboxylic acid groups (broad SMARTS) is 1. The van der Waals surface area contributed by atoms with Gasteiger partial charge in [0.15, 0.2) is 0 Å². The van der Waals surface area contributed by atoms with Gasteiger partial charge in [-0.25, -0.2) is 4.79 Å². The Kier molecular flexibility index (Phi) is 5.72. The topological polar surface area (TPSA) is 69.6 Å². The molecule has 0 aliphatic carbocycles. The van der Waals surface area contributed by atoms with Gasteiger partial charge in [0, 0.05) is 23.5 Å². The van der Waals surface area contributed by atoms with Crippen molar-refractivity contribution in [2.45, 2.75) is 13.0 Å². The van der Waals surface area contributed by atoms with Crippen LogP contribution in [0.2, 0.25) is 0 Å². The predicted octanol–water partition coefficient (Wildman–Crippen LogP) is 1.53. The molecule has 1 aromatic rings. The van der Waals surface area contributed by atoms with Gasteiger partial charge >= 0.3 is 5.97 Å². The lowest BCUT2D eigenvalue weighted by molar-refractivity contribution is -0.131. The summed E-state index contributed by atoms with van der Waals surface area (Å²) in [5, 5.41) is 11.4. The highest BCUT2D eigenvalue weighted by atomic mass is 32.1. The molecule has 0 fully saturated rings. The van der Waals surface area contributed by atoms with Crippen LogP contribution >= 0.6 is 11.3 Å². The second-order valence-electron chi connectivity index (χ2n) is 4.51. The fraction of sp³-hybridized carbons (Fsp3) is 0.385. The molecule has 0 spiro atoms. The van der Waals surface area contributed by atoms with Crippen LogP contribution in [0, 0.1) is 0 Å². The lowest BCUT2D eigenvalue weighted by Gasteiger charge is -2.17. The molecule has 2 N–H and O–H groups in total. The number of carboxylic acids is 1. The fourth-order valence-electron chi connectivity index (χ4n) is 1.61. The summed E-state index contributed by atoms with van der Waals surface area (Å²) in [6.07, 6.45) is 2.54. The minimum atomic E-state index is -1.00. The van der Waals surface area contributed by atoms with Crippen LogP contribution < -0.4 is 5.32 Å². The first-order valence-electron chi connectivity index (χ1n) is 5.85. The maximum atomic E-state index is 11.9. The minimum absolute atomic E-state index is 0.0580. The molecule has 1 atom stereocenters. The number of nitrogens with zero attached hydrogens (tertiary/aromatic N) is 1. The second-order valence-corrected chi connectivity index (χ2v) is 5.63. The number of hydrogen-bond donors (Lipinski definition) is 2. The first-order valence-corrected chi connectivity index (χ1v) is 6.66. The molecule has 104 valence electrons. The summed E-state index contributed by atoms with van der Waals surface area (Å²) < 4.78 is 0. The van der Waals surface area contributed by atoms with E-state index in [0.717, 1.165) is 17.5 Å². The maximum absolute atomic E-state index is 11.9. The second kappa shape index (κ2) is 7.06. The molecule has 0 aliphatic heterocycles. The van der Waals surface area contributed by atoms with Crippen LogP contribution in [0.1, 0.15) is 21.5 Å². The third-order valence-corrected chi connectivity index (χ3v) is 3.31. The van der Waals surface area contributed by atoms with Crippen LogP contribution in [-0.2, 0) is 4.79 Å². The molecular formula is C13H18N2O3S. The molecule has 0 bridgehead atoms. The summed E-state index contributed by atoms with van der Waals surface area (Å²) in [5.41, 5.74) is 0. The summed E-state index contributed by atoms with van der Waals surface area (Å²) in [6, 6.07) is 3.49. The van der Waals surface area contributed by atoms with E-state index in [0.29, 0.717) is 4.88 Å². The summed E-state index contributed by atoms with van der Waals surface area (Å²) in [4.78, 5) is 25.6. The Morgan fingerprint density at radius 1 is 1.47 bits per heavy atom. The fourth-order valence-corrected chi connectivity index (χ4v) is 2.42. The molecule has 0 saturated heterocycles. The van der Waals surface area contributed by atoms with Crippen molar-refractivity contribution in [2.75, 3.05) is 20.6 Å². The zero-order chi connectivity index (χ0) is 14.4. The Bertz CT molecular complexity index is 480. The van der Waals surface area contributed by atoms with Gasteiger partial charge in [-0.3, -0.25) is 4.79 Å². The van der Waals surface area contributed by atoms with Crippen LogP contribution in [0.3, 0.4) is 0 Å². The molecule has 1 aromatic heterocycles. The molecule has 19 heavy (non-hydrogen) atoms. The third kappa shape index (κ3) is 5.67. The van der Waals surface area contributed by atoms with E-state index in [4.69, 9.17) is 5.11 Å². The SMILES string of the molecule is CC(CN(C)C)NC(=O)c1ccc(/C=C/C(=O)O)s1. The highest BCUT2D eigenvalue weighted by Gasteiger charge is 2.12. The van der Waals surface area contributed by atoms with Gasteiger partial charge in [0.05, 0.1) is 4.88 Å². The third-order valence-electron chi connectivity index (χ3n) is 2.26. The van der Waals surface area contributed by atoms with Gasteiger partial charge in [-0.1, -0.05) is 0 Å². The van der Waals surface area contributed by atoms with Gasteiger partial charge in [0.25, 0.3) is 5.91 Å². The monoisotopic (exact) mass is 282 g/mol. The quantitative estimate of drug-likeness (QED) is 0.776. The zero-order valence-corrected chi connectivity index (χ0v) is 12.0. The molecule has 0 aliphatic rings. The lowest BCUT2D eigenvalue weighted by atomic mass is 10.3. The van der Waals surface area contributed by atoms with Crippen LogP contribution in [-0.4, -0.2) is 48.6 Å². The van der Waals surface area contributed by atoms with E-state index in [1.807, 2.05) is 25.9 Å². The smallest absolute Gasteiger partial charge is 0.328 e. The zero-order valence-electron chi connectivity index (χ0n) is 11.2. The first kappa shape index (κ1) is 15.4. The number of hydrogen-bond acceptors (Lipinski definition) is 4. The molecule has 0 saturated carbocycles. The first-order chi connectivity index (χ1) is 8.88. The number of carbonyl (C=O) groups is 2. The van der Waals surface area contributed by atoms with Crippen LogP contribution in [0.4, 0.5) is 0 Å². The summed E-state index contributed by atoms with van der Waals surface area (Å²) in [6.45, 7) is 2.71. The van der Waals surface area contributed by atoms with Gasteiger partial charge in [0.2, 0.25) is 0 Å². The molecule has 1 amide bonds. The number of nitrogens with one attached hydrogen (secondary N) is 1. The van der Waals surface area contributed by atoms with E-state index in [-0.39, 0.29) is 11.9 Å². The minimum Gasteiger partial charge on any atom is -0.478 e. The summed E-state index contributed by atoms with van der Waals surface area (Å²) in [7, 11) is 3.89. The number of aliphatic carboxylic acids is 1. The number of rotatable bonds is 6. The number of amides is 1. The van der Waals surface area contributed by atoms with Gasteiger partial charge in [-0.15, -0.1) is 11.3 Å². The van der Waals surface area contributed by atoms with Crippen molar-refractivity contribution in [1.82, 2.24) is 10.2 Å². The van der Waals surface area contributed by atoms with E-state index in [2.05, 4.69) is 5.32 Å². The molecule has 0 radical (unpaired) electrons. The number of carbonyl (C=O) groups excluding carboxylic acids is 1. The number of likely N-dealkylation sites (N-methyl/N-ethyl adjacent to an activating group) is 1. The van der Waals surface area contributed by atoms with Crippen LogP contribution in [0.5, 0.6) is 0 Å². The van der Waals surface area contributed by atoms with E-state index >= 15 is 0 Å². The Balaban J connectivity index is 2.61. The van der Waals surface area contributed by atoms with Gasteiger partial charge in [0.1, 0.15) is 0 Å². The largest absolute Gasteiger partial charge is 0.478 e. The van der Waals surface area contributed by atoms with Gasteiger partial charge in [-0.05, 0) is 39.2 Å². The molecule has 5 nitrogen and oxygen atoms in total. The van der Waals surface area contributed by atoms with E-state index in [9.17, 15) is 9.59 Å². The Hall–Kier alpha value is -1.66. The van der Waals surface area contributed by atoms with Crippen molar-refractivity contribution in [3.63, 3.8) is 0 Å². The Morgan fingerprint density at radius 2 is 2.16 bits per heavy atom. The molecule has 1 heterocycles. The van der Waals surface area contributed by atoms with Crippen molar-refractivity contribution in [3.05, 3.63) is 28.0 Å². The molecule has 0 aromatic carbocycles. The van der Waals surface area contributed by atoms with Crippen molar-refractivity contribution in [1.29, 1.82) is 0 Å². The molecule has 1 unspecified atom stereocenters. The van der Waals surface area contributed by atoms with Crippen molar-refractivity contribution >= 4 is 29.3 Å². The average Bonchev–Trinajstić information content (AvgIpc) is 2.73. The number of thiophene rings is 1. The van der Waals surface area contributed by atoms with Gasteiger partial charge < -0.3 is 15.3 Å². The normalized spacial score (nSPS) is 12.8. The summed E-state index contributed by atoms with van der Waals surface area (Å²) in [5.74, 6) is -1.13. The summed E-state index contributed by atoms with van der Waals surface area (Å²) >= 11 is 1.27. The molecule has 1 rings (SSSR count). The van der Waals surface area contributed by atoms with Crippen LogP contribution in [0.25, 0.3) is 6.08 Å². The van der Waals surface area contributed by atoms with Crippen LogP contribution in [0.15, 0.2) is 18.2 Å². The average molecular weight is 282 g/mol. The van der Waals surface area contributed by atoms with Crippen molar-refractivity contribution in [2.24, 2.45) is 0 Å². The molecule has 6 heteroatoms. The van der Waals surface area contributed by atoms with Crippen molar-refractivity contribution < 1.29 is 14.7 Å². The van der Waals surface area contributed by atoms with E-state index < -0.39 is 5.97 Å². The highest BCUT2D eigenvalue weighted by Crippen LogP contribution is 2.18. The Labute approximate surface area is 116 Å². The van der Waals surface area contributed by atoms with E-state index in [1.165, 1.54) is 17.4 Å². The predicted molar refractivity (Wildman–Crippen MR) is 76.5 cm³/mol. The maximum Gasteiger partial charge on any atom is 0.328 e. The Morgan fingerprint density at radius 3 is 2.74 bits per heavy atom.